The number of sulfone groups is 1. The Labute approximate surface area is 150 Å². The highest BCUT2D eigenvalue weighted by molar-refractivity contribution is 7.91. The maximum atomic E-state index is 13.1. The topological polar surface area (TPSA) is 69.7 Å². The lowest BCUT2D eigenvalue weighted by atomic mass is 10.1. The van der Waals surface area contributed by atoms with Crippen molar-refractivity contribution in [1.82, 2.24) is 9.80 Å². The molecule has 1 aromatic carbocycles. The van der Waals surface area contributed by atoms with Crippen molar-refractivity contribution >= 4 is 21.6 Å². The van der Waals surface area contributed by atoms with E-state index < -0.39 is 33.6 Å². The number of hydrogen-bond acceptors (Lipinski definition) is 4. The summed E-state index contributed by atoms with van der Waals surface area (Å²) in [4.78, 5) is 15.8. The Morgan fingerprint density at radius 2 is 1.88 bits per heavy atom. The van der Waals surface area contributed by atoms with Gasteiger partial charge in [-0.1, -0.05) is 12.1 Å². The number of carbonyl (C=O) groups excluding carboxylic acids is 1. The minimum absolute atomic E-state index is 0.0252. The maximum absolute atomic E-state index is 13.1. The Bertz CT molecular complexity index is 751. The molecule has 6 nitrogen and oxygen atoms in total. The van der Waals surface area contributed by atoms with E-state index in [9.17, 15) is 26.4 Å². The number of benzene rings is 1. The fourth-order valence-electron chi connectivity index (χ4n) is 2.81. The van der Waals surface area contributed by atoms with Crippen molar-refractivity contribution in [2.75, 3.05) is 44.0 Å². The molecule has 1 aliphatic heterocycles. The van der Waals surface area contributed by atoms with Gasteiger partial charge in [0.1, 0.15) is 0 Å². The third-order valence-electron chi connectivity index (χ3n) is 4.17. The van der Waals surface area contributed by atoms with Crippen LogP contribution < -0.4 is 5.32 Å². The maximum Gasteiger partial charge on any atom is 0.418 e. The average molecular weight is 393 g/mol. The fraction of sp³-hybridized carbons (Fsp3) is 0.562. The first-order valence-electron chi connectivity index (χ1n) is 8.08. The molecule has 1 aliphatic rings. The zero-order valence-electron chi connectivity index (χ0n) is 14.6. The molecule has 1 heterocycles. The predicted molar refractivity (Wildman–Crippen MR) is 92.8 cm³/mol. The van der Waals surface area contributed by atoms with Gasteiger partial charge in [-0.2, -0.15) is 13.2 Å². The molecule has 26 heavy (non-hydrogen) atoms. The Morgan fingerprint density at radius 3 is 2.42 bits per heavy atom. The smallest absolute Gasteiger partial charge is 0.319 e. The second-order valence-electron chi connectivity index (χ2n) is 6.53. The summed E-state index contributed by atoms with van der Waals surface area (Å²) in [6.45, 7) is 0.679. The zero-order chi connectivity index (χ0) is 19.5. The van der Waals surface area contributed by atoms with Crippen molar-refractivity contribution in [2.24, 2.45) is 0 Å². The number of halogens is 3. The molecule has 10 heteroatoms. The molecule has 1 saturated heterocycles. The standard InChI is InChI=1S/C16H22F3N3O3S/c1-21(2)8-9-22(12-7-10-26(24,25)11-12)15(23)20-14-6-4-3-5-13(14)16(17,18)19/h3-6,12H,7-11H2,1-2H3,(H,20,23). The van der Waals surface area contributed by atoms with Gasteiger partial charge in [-0.25, -0.2) is 13.2 Å². The number of urea groups is 1. The molecular formula is C16H22F3N3O3S. The predicted octanol–water partition coefficient (Wildman–Crippen LogP) is 2.29. The quantitative estimate of drug-likeness (QED) is 0.833. The van der Waals surface area contributed by atoms with Crippen LogP contribution in [0.25, 0.3) is 0 Å². The van der Waals surface area contributed by atoms with E-state index in [-0.39, 0.29) is 30.2 Å². The summed E-state index contributed by atoms with van der Waals surface area (Å²) < 4.78 is 62.8. The van der Waals surface area contributed by atoms with Crippen LogP contribution in [-0.2, 0) is 16.0 Å². The molecule has 0 bridgehead atoms. The second kappa shape index (κ2) is 7.83. The van der Waals surface area contributed by atoms with Crippen LogP contribution in [0, 0.1) is 0 Å². The number of anilines is 1. The highest BCUT2D eigenvalue weighted by Gasteiger charge is 2.37. The monoisotopic (exact) mass is 393 g/mol. The normalized spacial score (nSPS) is 19.5. The molecule has 1 N–H and O–H groups in total. The molecule has 0 aliphatic carbocycles. The van der Waals surface area contributed by atoms with Crippen LogP contribution in [0.5, 0.6) is 0 Å². The Hall–Kier alpha value is -1.81. The largest absolute Gasteiger partial charge is 0.418 e. The van der Waals surface area contributed by atoms with Gasteiger partial charge in [-0.05, 0) is 32.6 Å². The van der Waals surface area contributed by atoms with E-state index in [1.54, 1.807) is 14.1 Å². The fourth-order valence-corrected chi connectivity index (χ4v) is 4.54. The molecule has 1 aromatic rings. The highest BCUT2D eigenvalue weighted by atomic mass is 32.2. The third-order valence-corrected chi connectivity index (χ3v) is 5.92. The number of carbonyl (C=O) groups is 1. The van der Waals surface area contributed by atoms with Crippen molar-refractivity contribution in [3.05, 3.63) is 29.8 Å². The van der Waals surface area contributed by atoms with Gasteiger partial charge in [0.05, 0.1) is 22.8 Å². The molecule has 1 fully saturated rings. The summed E-state index contributed by atoms with van der Waals surface area (Å²) in [5.74, 6) is -0.197. The number of nitrogens with zero attached hydrogens (tertiary/aromatic N) is 2. The van der Waals surface area contributed by atoms with Gasteiger partial charge in [-0.15, -0.1) is 0 Å². The van der Waals surface area contributed by atoms with E-state index in [0.717, 1.165) is 6.07 Å². The van der Waals surface area contributed by atoms with Gasteiger partial charge >= 0.3 is 12.2 Å². The lowest BCUT2D eigenvalue weighted by molar-refractivity contribution is -0.136. The molecule has 2 rings (SSSR count). The lowest BCUT2D eigenvalue weighted by Crippen LogP contribution is -2.46. The van der Waals surface area contributed by atoms with Crippen molar-refractivity contribution in [3.8, 4) is 0 Å². The first kappa shape index (κ1) is 20.5. The van der Waals surface area contributed by atoms with Crippen LogP contribution in [-0.4, -0.2) is 69.0 Å². The molecule has 0 radical (unpaired) electrons. The zero-order valence-corrected chi connectivity index (χ0v) is 15.4. The van der Waals surface area contributed by atoms with Crippen LogP contribution in [0.4, 0.5) is 23.7 Å². The molecule has 1 unspecified atom stereocenters. The number of para-hydroxylation sites is 1. The lowest BCUT2D eigenvalue weighted by Gasteiger charge is -2.30. The molecule has 0 saturated carbocycles. The van der Waals surface area contributed by atoms with Gasteiger partial charge in [0.15, 0.2) is 9.84 Å². The van der Waals surface area contributed by atoms with E-state index in [1.807, 2.05) is 4.90 Å². The molecule has 0 spiro atoms. The minimum Gasteiger partial charge on any atom is -0.319 e. The van der Waals surface area contributed by atoms with E-state index in [2.05, 4.69) is 5.32 Å². The van der Waals surface area contributed by atoms with Crippen molar-refractivity contribution in [2.45, 2.75) is 18.6 Å². The first-order valence-corrected chi connectivity index (χ1v) is 9.91. The average Bonchev–Trinajstić information content (AvgIpc) is 2.86. The van der Waals surface area contributed by atoms with Crippen LogP contribution in [0.1, 0.15) is 12.0 Å². The summed E-state index contributed by atoms with van der Waals surface area (Å²) in [6, 6.07) is 3.43. The van der Waals surface area contributed by atoms with E-state index in [4.69, 9.17) is 0 Å². The van der Waals surface area contributed by atoms with E-state index in [1.165, 1.54) is 23.1 Å². The molecular weight excluding hydrogens is 371 g/mol. The van der Waals surface area contributed by atoms with Gasteiger partial charge < -0.3 is 15.1 Å². The van der Waals surface area contributed by atoms with Crippen LogP contribution in [0.3, 0.4) is 0 Å². The van der Waals surface area contributed by atoms with Crippen LogP contribution >= 0.6 is 0 Å². The van der Waals surface area contributed by atoms with Crippen LogP contribution in [0.15, 0.2) is 24.3 Å². The summed E-state index contributed by atoms with van der Waals surface area (Å²) in [5, 5.41) is 2.30. The molecule has 0 aromatic heterocycles. The van der Waals surface area contributed by atoms with Gasteiger partial charge in [0.2, 0.25) is 0 Å². The number of amides is 2. The number of hydrogen-bond donors (Lipinski definition) is 1. The molecule has 146 valence electrons. The minimum atomic E-state index is -4.60. The van der Waals surface area contributed by atoms with Gasteiger partial charge in [0.25, 0.3) is 0 Å². The molecule has 2 amide bonds. The van der Waals surface area contributed by atoms with Crippen LogP contribution in [0.2, 0.25) is 0 Å². The molecule has 1 atom stereocenters. The summed E-state index contributed by atoms with van der Waals surface area (Å²) in [5.41, 5.74) is -1.29. The Balaban J connectivity index is 2.22. The van der Waals surface area contributed by atoms with E-state index >= 15 is 0 Å². The van der Waals surface area contributed by atoms with Crippen molar-refractivity contribution in [3.63, 3.8) is 0 Å². The SMILES string of the molecule is CN(C)CCN(C(=O)Nc1ccccc1C(F)(F)F)C1CCS(=O)(=O)C1. The Kier molecular flexibility index (Phi) is 6.17. The number of nitrogens with one attached hydrogen (secondary N) is 1. The summed E-state index contributed by atoms with van der Waals surface area (Å²) >= 11 is 0. The number of alkyl halides is 3. The Morgan fingerprint density at radius 1 is 1.23 bits per heavy atom. The first-order chi connectivity index (χ1) is 12.0. The summed E-state index contributed by atoms with van der Waals surface area (Å²) in [6.07, 6.45) is -4.32. The second-order valence-corrected chi connectivity index (χ2v) is 8.76. The van der Waals surface area contributed by atoms with Crippen molar-refractivity contribution in [1.29, 1.82) is 0 Å². The van der Waals surface area contributed by atoms with Crippen molar-refractivity contribution < 1.29 is 26.4 Å². The van der Waals surface area contributed by atoms with Gasteiger partial charge in [0, 0.05) is 19.1 Å². The highest BCUT2D eigenvalue weighted by Crippen LogP contribution is 2.34. The number of likely N-dealkylation sites (N-methyl/N-ethyl adjacent to an activating group) is 1. The summed E-state index contributed by atoms with van der Waals surface area (Å²) in [7, 11) is 0.352. The third kappa shape index (κ3) is 5.34. The van der Waals surface area contributed by atoms with E-state index in [0.29, 0.717) is 6.54 Å². The number of rotatable bonds is 5. The van der Waals surface area contributed by atoms with Gasteiger partial charge in [-0.3, -0.25) is 0 Å².